The van der Waals surface area contributed by atoms with E-state index in [1.807, 2.05) is 18.2 Å². The second-order valence-electron chi connectivity index (χ2n) is 5.53. The number of benzene rings is 1. The number of halogens is 1. The predicted octanol–water partition coefficient (Wildman–Crippen LogP) is 3.29. The van der Waals surface area contributed by atoms with Crippen molar-refractivity contribution >= 4 is 17.6 Å². The lowest BCUT2D eigenvalue weighted by Crippen LogP contribution is -2.51. The van der Waals surface area contributed by atoms with Gasteiger partial charge in [0.05, 0.1) is 0 Å². The van der Waals surface area contributed by atoms with E-state index in [1.165, 1.54) is 0 Å². The van der Waals surface area contributed by atoms with Gasteiger partial charge in [-0.2, -0.15) is 0 Å². The molecular weight excluding hydrogens is 262 g/mol. The van der Waals surface area contributed by atoms with E-state index in [0.29, 0.717) is 23.8 Å². The molecule has 0 bridgehead atoms. The van der Waals surface area contributed by atoms with E-state index < -0.39 is 5.54 Å². The molecule has 1 aromatic carbocycles. The van der Waals surface area contributed by atoms with Crippen molar-refractivity contribution in [2.45, 2.75) is 44.8 Å². The van der Waals surface area contributed by atoms with Crippen molar-refractivity contribution in [3.63, 3.8) is 0 Å². The molecule has 0 spiro atoms. The maximum absolute atomic E-state index is 12.2. The molecule has 3 nitrogen and oxygen atoms in total. The van der Waals surface area contributed by atoms with Crippen LogP contribution in [0.2, 0.25) is 5.02 Å². The van der Waals surface area contributed by atoms with Crippen LogP contribution in [0.3, 0.4) is 0 Å². The van der Waals surface area contributed by atoms with Crippen LogP contribution in [0.5, 0.6) is 0 Å². The van der Waals surface area contributed by atoms with Gasteiger partial charge in [-0.25, -0.2) is 0 Å². The molecule has 4 heteroatoms. The molecule has 104 valence electrons. The van der Waals surface area contributed by atoms with Crippen molar-refractivity contribution in [3.8, 4) is 0 Å². The molecule has 0 heterocycles. The molecule has 1 aromatic rings. The van der Waals surface area contributed by atoms with Crippen LogP contribution in [0.1, 0.15) is 38.2 Å². The zero-order chi connectivity index (χ0) is 13.9. The van der Waals surface area contributed by atoms with E-state index >= 15 is 0 Å². The molecule has 0 amide bonds. The lowest BCUT2D eigenvalue weighted by atomic mass is 9.77. The molecule has 1 aliphatic rings. The summed E-state index contributed by atoms with van der Waals surface area (Å²) in [5.74, 6) is 0.172. The van der Waals surface area contributed by atoms with Crippen LogP contribution in [-0.4, -0.2) is 11.5 Å². The van der Waals surface area contributed by atoms with E-state index in [0.717, 1.165) is 18.4 Å². The van der Waals surface area contributed by atoms with Gasteiger partial charge >= 0.3 is 5.97 Å². The minimum absolute atomic E-state index is 0.186. The summed E-state index contributed by atoms with van der Waals surface area (Å²) in [4.78, 5) is 12.2. The molecule has 2 atom stereocenters. The third-order valence-electron chi connectivity index (χ3n) is 3.76. The van der Waals surface area contributed by atoms with Gasteiger partial charge in [-0.3, -0.25) is 4.79 Å². The van der Waals surface area contributed by atoms with Gasteiger partial charge in [0, 0.05) is 10.6 Å². The smallest absolute Gasteiger partial charge is 0.326 e. The van der Waals surface area contributed by atoms with Gasteiger partial charge in [-0.1, -0.05) is 49.6 Å². The van der Waals surface area contributed by atoms with Crippen molar-refractivity contribution in [3.05, 3.63) is 34.9 Å². The molecule has 0 aromatic heterocycles. The summed E-state index contributed by atoms with van der Waals surface area (Å²) in [6.45, 7) is 2.31. The highest BCUT2D eigenvalue weighted by Gasteiger charge is 2.39. The summed E-state index contributed by atoms with van der Waals surface area (Å²) in [7, 11) is 0. The first kappa shape index (κ1) is 14.4. The van der Waals surface area contributed by atoms with Crippen molar-refractivity contribution in [2.24, 2.45) is 11.7 Å². The second-order valence-corrected chi connectivity index (χ2v) is 5.93. The summed E-state index contributed by atoms with van der Waals surface area (Å²) in [5.41, 5.74) is 6.18. The lowest BCUT2D eigenvalue weighted by Gasteiger charge is -2.34. The van der Waals surface area contributed by atoms with Crippen molar-refractivity contribution in [1.82, 2.24) is 0 Å². The summed E-state index contributed by atoms with van der Waals surface area (Å²) in [6, 6.07) is 7.35. The number of carbonyl (C=O) groups excluding carboxylic acids is 1. The fourth-order valence-electron chi connectivity index (χ4n) is 2.68. The number of hydrogen-bond acceptors (Lipinski definition) is 3. The summed E-state index contributed by atoms with van der Waals surface area (Å²) >= 11 is 6.03. The number of ether oxygens (including phenoxy) is 1. The molecule has 1 aliphatic carbocycles. The minimum Gasteiger partial charge on any atom is -0.459 e. The number of carbonyl (C=O) groups is 1. The van der Waals surface area contributed by atoms with Gasteiger partial charge in [0.15, 0.2) is 0 Å². The number of esters is 1. The maximum Gasteiger partial charge on any atom is 0.326 e. The van der Waals surface area contributed by atoms with E-state index in [4.69, 9.17) is 22.1 Å². The minimum atomic E-state index is -0.821. The Bertz CT molecular complexity index is 463. The first-order valence-corrected chi connectivity index (χ1v) is 7.08. The second kappa shape index (κ2) is 5.93. The third kappa shape index (κ3) is 3.48. The van der Waals surface area contributed by atoms with Crippen LogP contribution in [0.25, 0.3) is 0 Å². The van der Waals surface area contributed by atoms with E-state index in [2.05, 4.69) is 6.92 Å². The molecule has 0 radical (unpaired) electrons. The Morgan fingerprint density at radius 1 is 1.53 bits per heavy atom. The Morgan fingerprint density at radius 3 is 2.95 bits per heavy atom. The normalized spacial score (nSPS) is 27.0. The SMILES string of the molecule is CC1CCCC(N)(C(=O)OCc2ccccc2Cl)C1. The zero-order valence-corrected chi connectivity index (χ0v) is 12.0. The molecule has 2 unspecified atom stereocenters. The Morgan fingerprint density at radius 2 is 2.26 bits per heavy atom. The number of rotatable bonds is 3. The Balaban J connectivity index is 1.96. The molecule has 0 aliphatic heterocycles. The highest BCUT2D eigenvalue weighted by molar-refractivity contribution is 6.31. The van der Waals surface area contributed by atoms with Gasteiger partial charge in [-0.15, -0.1) is 0 Å². The standard InChI is InChI=1S/C15H20ClNO2/c1-11-5-4-8-15(17,9-11)14(18)19-10-12-6-2-3-7-13(12)16/h2-3,6-7,11H,4-5,8-10,17H2,1H3. The van der Waals surface area contributed by atoms with Crippen molar-refractivity contribution in [2.75, 3.05) is 0 Å². The largest absolute Gasteiger partial charge is 0.459 e. The van der Waals surface area contributed by atoms with Gasteiger partial charge in [0.1, 0.15) is 12.1 Å². The van der Waals surface area contributed by atoms with E-state index in [1.54, 1.807) is 6.07 Å². The Hall–Kier alpha value is -1.06. The van der Waals surface area contributed by atoms with Crippen LogP contribution in [0.15, 0.2) is 24.3 Å². The molecule has 19 heavy (non-hydrogen) atoms. The molecular formula is C15H20ClNO2. The highest BCUT2D eigenvalue weighted by atomic mass is 35.5. The average Bonchev–Trinajstić information content (AvgIpc) is 2.37. The Kier molecular flexibility index (Phi) is 4.48. The predicted molar refractivity (Wildman–Crippen MR) is 75.8 cm³/mol. The Labute approximate surface area is 119 Å². The fourth-order valence-corrected chi connectivity index (χ4v) is 2.87. The van der Waals surface area contributed by atoms with Crippen molar-refractivity contribution < 1.29 is 9.53 Å². The average molecular weight is 282 g/mol. The molecule has 1 fully saturated rings. The van der Waals surface area contributed by atoms with Crippen LogP contribution in [-0.2, 0) is 16.1 Å². The third-order valence-corrected chi connectivity index (χ3v) is 4.12. The first-order chi connectivity index (χ1) is 9.01. The number of hydrogen-bond donors (Lipinski definition) is 1. The molecule has 1 saturated carbocycles. The lowest BCUT2D eigenvalue weighted by molar-refractivity contribution is -0.153. The van der Waals surface area contributed by atoms with Gasteiger partial charge < -0.3 is 10.5 Å². The topological polar surface area (TPSA) is 52.3 Å². The van der Waals surface area contributed by atoms with Crippen LogP contribution >= 0.6 is 11.6 Å². The first-order valence-electron chi connectivity index (χ1n) is 6.71. The fraction of sp³-hybridized carbons (Fsp3) is 0.533. The van der Waals surface area contributed by atoms with E-state index in [9.17, 15) is 4.79 Å². The van der Waals surface area contributed by atoms with Crippen molar-refractivity contribution in [1.29, 1.82) is 0 Å². The van der Waals surface area contributed by atoms with Gasteiger partial charge in [0.2, 0.25) is 0 Å². The van der Waals surface area contributed by atoms with E-state index in [-0.39, 0.29) is 12.6 Å². The molecule has 0 saturated heterocycles. The number of nitrogens with two attached hydrogens (primary N) is 1. The quantitative estimate of drug-likeness (QED) is 0.865. The summed E-state index contributed by atoms with van der Waals surface area (Å²) in [6.07, 6.45) is 3.53. The molecule has 2 N–H and O–H groups in total. The highest BCUT2D eigenvalue weighted by Crippen LogP contribution is 2.31. The van der Waals surface area contributed by atoms with Gasteiger partial charge in [-0.05, 0) is 24.8 Å². The van der Waals surface area contributed by atoms with Gasteiger partial charge in [0.25, 0.3) is 0 Å². The van der Waals surface area contributed by atoms with Crippen LogP contribution in [0, 0.1) is 5.92 Å². The monoisotopic (exact) mass is 281 g/mol. The maximum atomic E-state index is 12.2. The molecule has 2 rings (SSSR count). The van der Waals surface area contributed by atoms with Crippen LogP contribution < -0.4 is 5.73 Å². The summed E-state index contributed by atoms with van der Waals surface area (Å²) < 4.78 is 5.35. The van der Waals surface area contributed by atoms with Crippen LogP contribution in [0.4, 0.5) is 0 Å². The summed E-state index contributed by atoms with van der Waals surface area (Å²) in [5, 5.41) is 0.610. The zero-order valence-electron chi connectivity index (χ0n) is 11.2.